The maximum atomic E-state index is 13.3. The van der Waals surface area contributed by atoms with Crippen molar-refractivity contribution in [3.63, 3.8) is 0 Å². The fourth-order valence-corrected chi connectivity index (χ4v) is 4.60. The van der Waals surface area contributed by atoms with Gasteiger partial charge in [-0.25, -0.2) is 12.8 Å². The highest BCUT2D eigenvalue weighted by atomic mass is 32.2. The maximum absolute atomic E-state index is 13.3. The van der Waals surface area contributed by atoms with Crippen LogP contribution in [0.15, 0.2) is 48.5 Å². The lowest BCUT2D eigenvalue weighted by Gasteiger charge is -2.30. The van der Waals surface area contributed by atoms with E-state index in [1.165, 1.54) is 35.5 Å². The van der Waals surface area contributed by atoms with Crippen LogP contribution in [0.5, 0.6) is 5.75 Å². The lowest BCUT2D eigenvalue weighted by molar-refractivity contribution is -0.141. The van der Waals surface area contributed by atoms with E-state index in [4.69, 9.17) is 4.74 Å². The van der Waals surface area contributed by atoms with Crippen molar-refractivity contribution >= 4 is 27.5 Å². The smallest absolute Gasteiger partial charge is 0.242 e. The van der Waals surface area contributed by atoms with Crippen LogP contribution in [-0.2, 0) is 26.2 Å². The number of hydrogen-bond donors (Lipinski definition) is 1. The number of amides is 2. The monoisotopic (exact) mass is 493 g/mol. The third-order valence-corrected chi connectivity index (χ3v) is 6.59. The van der Waals surface area contributed by atoms with E-state index in [1.807, 2.05) is 0 Å². The number of carbonyl (C=O) groups is 2. The molecule has 1 atom stereocenters. The van der Waals surface area contributed by atoms with E-state index >= 15 is 0 Å². The predicted molar refractivity (Wildman–Crippen MR) is 130 cm³/mol. The SMILES string of the molecule is CC[C@@H](C(=O)NC)N(Cc1ccc(F)cc1)C(=O)CCCN(c1cccc(OC)c1)S(C)(=O)=O. The van der Waals surface area contributed by atoms with E-state index in [2.05, 4.69) is 5.32 Å². The highest BCUT2D eigenvalue weighted by molar-refractivity contribution is 7.92. The van der Waals surface area contributed by atoms with E-state index < -0.39 is 21.9 Å². The molecule has 0 aliphatic rings. The van der Waals surface area contributed by atoms with Gasteiger partial charge in [0.15, 0.2) is 0 Å². The molecule has 0 unspecified atom stereocenters. The molecule has 1 N–H and O–H groups in total. The van der Waals surface area contributed by atoms with E-state index in [9.17, 15) is 22.4 Å². The molecule has 2 amide bonds. The number of nitrogens with zero attached hydrogens (tertiary/aromatic N) is 2. The average Bonchev–Trinajstić information content (AvgIpc) is 2.81. The second-order valence-electron chi connectivity index (χ2n) is 7.83. The number of rotatable bonds is 12. The van der Waals surface area contributed by atoms with Gasteiger partial charge in [-0.3, -0.25) is 13.9 Å². The number of ether oxygens (including phenoxy) is 1. The first-order valence-electron chi connectivity index (χ1n) is 11.0. The van der Waals surface area contributed by atoms with Crippen molar-refractivity contribution in [3.8, 4) is 5.75 Å². The van der Waals surface area contributed by atoms with Gasteiger partial charge < -0.3 is 15.0 Å². The van der Waals surface area contributed by atoms with E-state index in [0.717, 1.165) is 6.26 Å². The Morgan fingerprint density at radius 1 is 1.15 bits per heavy atom. The predicted octanol–water partition coefficient (Wildman–Crippen LogP) is 2.93. The Bertz CT molecular complexity index is 1080. The summed E-state index contributed by atoms with van der Waals surface area (Å²) in [4.78, 5) is 27.1. The molecule has 0 radical (unpaired) electrons. The van der Waals surface area contributed by atoms with Gasteiger partial charge in [0.05, 0.1) is 19.1 Å². The fraction of sp³-hybridized carbons (Fsp3) is 0.417. The van der Waals surface area contributed by atoms with Crippen LogP contribution in [0.4, 0.5) is 10.1 Å². The van der Waals surface area contributed by atoms with Crippen molar-refractivity contribution in [2.75, 3.05) is 31.3 Å². The number of nitrogens with one attached hydrogen (secondary N) is 1. The Hall–Kier alpha value is -3.14. The third kappa shape index (κ3) is 7.44. The minimum Gasteiger partial charge on any atom is -0.497 e. The van der Waals surface area contributed by atoms with Crippen LogP contribution in [0.1, 0.15) is 31.7 Å². The summed E-state index contributed by atoms with van der Waals surface area (Å²) < 4.78 is 44.5. The number of anilines is 1. The van der Waals surface area contributed by atoms with Crippen LogP contribution in [0.3, 0.4) is 0 Å². The van der Waals surface area contributed by atoms with E-state index in [0.29, 0.717) is 23.4 Å². The third-order valence-electron chi connectivity index (χ3n) is 5.39. The van der Waals surface area contributed by atoms with Crippen molar-refractivity contribution in [2.24, 2.45) is 0 Å². The maximum Gasteiger partial charge on any atom is 0.242 e. The Kier molecular flexibility index (Phi) is 9.85. The van der Waals surface area contributed by atoms with Gasteiger partial charge in [-0.15, -0.1) is 0 Å². The van der Waals surface area contributed by atoms with Crippen LogP contribution in [-0.4, -0.2) is 58.1 Å². The van der Waals surface area contributed by atoms with Crippen molar-refractivity contribution < 1.29 is 27.1 Å². The molecule has 8 nitrogen and oxygen atoms in total. The molecule has 186 valence electrons. The van der Waals surface area contributed by atoms with Crippen LogP contribution >= 0.6 is 0 Å². The van der Waals surface area contributed by atoms with Gasteiger partial charge in [-0.1, -0.05) is 25.1 Å². The Morgan fingerprint density at radius 3 is 2.38 bits per heavy atom. The summed E-state index contributed by atoms with van der Waals surface area (Å²) in [5.41, 5.74) is 1.13. The first kappa shape index (κ1) is 27.1. The topological polar surface area (TPSA) is 96.0 Å². The first-order valence-corrected chi connectivity index (χ1v) is 12.8. The molecule has 0 fully saturated rings. The standard InChI is InChI=1S/C24H32FN3O5S/c1-5-22(24(30)26-2)27(17-18-11-13-19(25)14-12-18)23(29)10-7-15-28(34(4,31)32)20-8-6-9-21(16-20)33-3/h6,8-9,11-14,16,22H,5,7,10,15,17H2,1-4H3,(H,26,30)/t22-/m0/s1. The summed E-state index contributed by atoms with van der Waals surface area (Å²) in [6.45, 7) is 2.02. The Morgan fingerprint density at radius 2 is 1.82 bits per heavy atom. The summed E-state index contributed by atoms with van der Waals surface area (Å²) in [6.07, 6.45) is 1.78. The first-order chi connectivity index (χ1) is 16.1. The van der Waals surface area contributed by atoms with Gasteiger partial charge in [0, 0.05) is 32.6 Å². The molecule has 0 bridgehead atoms. The van der Waals surface area contributed by atoms with Crippen LogP contribution in [0.25, 0.3) is 0 Å². The van der Waals surface area contributed by atoms with Crippen molar-refractivity contribution in [2.45, 2.75) is 38.8 Å². The van der Waals surface area contributed by atoms with Crippen LogP contribution in [0.2, 0.25) is 0 Å². The number of likely N-dealkylation sites (N-methyl/N-ethyl adjacent to an activating group) is 1. The van der Waals surface area contributed by atoms with Gasteiger partial charge in [0.1, 0.15) is 17.6 Å². The zero-order valence-corrected chi connectivity index (χ0v) is 20.8. The Balaban J connectivity index is 2.19. The molecule has 0 aromatic heterocycles. The zero-order chi connectivity index (χ0) is 25.3. The number of sulfonamides is 1. The van der Waals surface area contributed by atoms with Crippen molar-refractivity contribution in [1.29, 1.82) is 0 Å². The molecule has 0 saturated carbocycles. The summed E-state index contributed by atoms with van der Waals surface area (Å²) in [5.74, 6) is -0.464. The summed E-state index contributed by atoms with van der Waals surface area (Å²) in [7, 11) is -0.600. The lowest BCUT2D eigenvalue weighted by atomic mass is 10.1. The van der Waals surface area contributed by atoms with Gasteiger partial charge in [-0.2, -0.15) is 0 Å². The van der Waals surface area contributed by atoms with Crippen molar-refractivity contribution in [1.82, 2.24) is 10.2 Å². The minimum atomic E-state index is -3.60. The number of carbonyl (C=O) groups excluding carboxylic acids is 2. The van der Waals surface area contributed by atoms with Gasteiger partial charge >= 0.3 is 0 Å². The molecular weight excluding hydrogens is 461 g/mol. The van der Waals surface area contributed by atoms with Gasteiger partial charge in [0.2, 0.25) is 21.8 Å². The molecule has 2 rings (SSSR count). The molecule has 0 aliphatic heterocycles. The molecule has 0 heterocycles. The molecule has 0 spiro atoms. The van der Waals surface area contributed by atoms with Crippen molar-refractivity contribution in [3.05, 3.63) is 59.9 Å². The normalized spacial score (nSPS) is 12.0. The van der Waals surface area contributed by atoms with Crippen LogP contribution < -0.4 is 14.4 Å². The summed E-state index contributed by atoms with van der Waals surface area (Å²) in [5, 5.41) is 2.58. The summed E-state index contributed by atoms with van der Waals surface area (Å²) >= 11 is 0. The quantitative estimate of drug-likeness (QED) is 0.491. The highest BCUT2D eigenvalue weighted by Crippen LogP contribution is 2.24. The molecule has 0 saturated heterocycles. The fourth-order valence-electron chi connectivity index (χ4n) is 3.64. The second kappa shape index (κ2) is 12.4. The average molecular weight is 494 g/mol. The highest BCUT2D eigenvalue weighted by Gasteiger charge is 2.28. The number of methoxy groups -OCH3 is 1. The second-order valence-corrected chi connectivity index (χ2v) is 9.73. The Labute approximate surface area is 200 Å². The number of hydrogen-bond acceptors (Lipinski definition) is 5. The number of halogens is 1. The molecular formula is C24H32FN3O5S. The van der Waals surface area contributed by atoms with Gasteiger partial charge in [0.25, 0.3) is 0 Å². The molecule has 34 heavy (non-hydrogen) atoms. The summed E-state index contributed by atoms with van der Waals surface area (Å²) in [6, 6.07) is 11.7. The molecule has 0 aliphatic carbocycles. The minimum absolute atomic E-state index is 0.0324. The molecule has 10 heteroatoms. The van der Waals surface area contributed by atoms with Crippen LogP contribution in [0, 0.1) is 5.82 Å². The van der Waals surface area contributed by atoms with E-state index in [1.54, 1.807) is 43.3 Å². The number of benzene rings is 2. The largest absolute Gasteiger partial charge is 0.497 e. The van der Waals surface area contributed by atoms with Gasteiger partial charge in [-0.05, 0) is 42.7 Å². The van der Waals surface area contributed by atoms with E-state index in [-0.39, 0.29) is 37.7 Å². The molecule has 2 aromatic carbocycles. The zero-order valence-electron chi connectivity index (χ0n) is 20.0. The molecule has 2 aromatic rings. The lowest BCUT2D eigenvalue weighted by Crippen LogP contribution is -2.48.